The van der Waals surface area contributed by atoms with Crippen LogP contribution in [-0.2, 0) is 23.7 Å². The predicted octanol–water partition coefficient (Wildman–Crippen LogP) is 6.81. The Morgan fingerprint density at radius 3 is 2.09 bits per heavy atom. The number of rotatable bonds is 4. The molecule has 0 saturated heterocycles. The second-order valence-electron chi connectivity index (χ2n) is 9.15. The molecule has 0 aliphatic carbocycles. The van der Waals surface area contributed by atoms with Crippen molar-refractivity contribution in [2.24, 2.45) is 5.41 Å². The molecule has 0 saturated carbocycles. The lowest BCUT2D eigenvalue weighted by atomic mass is 9.92. The third kappa shape index (κ3) is 5.85. The Morgan fingerprint density at radius 2 is 1.58 bits per heavy atom. The van der Waals surface area contributed by atoms with E-state index < -0.39 is 23.6 Å². The third-order valence-corrected chi connectivity index (χ3v) is 4.94. The van der Waals surface area contributed by atoms with E-state index >= 15 is 0 Å². The summed E-state index contributed by atoms with van der Waals surface area (Å²) in [6.07, 6.45) is -9.05. The fraction of sp³-hybridized carbons (Fsp3) is 0.391. The summed E-state index contributed by atoms with van der Waals surface area (Å²) < 4.78 is 80.6. The summed E-state index contributed by atoms with van der Waals surface area (Å²) in [4.78, 5) is 16.5. The van der Waals surface area contributed by atoms with Gasteiger partial charge >= 0.3 is 12.4 Å². The standard InChI is InChI=1S/C23H23F6N3O/c1-13-9-17-16(30-20(13)31-19(33)11-21(2,3)4)10-18(23(27,28)29)32(17)12-14-5-7-15(8-6-14)22(24,25)26/h5-10H,11-12H2,1-4H3,(H,30,31,33). The van der Waals surface area contributed by atoms with Crippen LogP contribution >= 0.6 is 0 Å². The normalized spacial score (nSPS) is 12.9. The molecular formula is C23H23F6N3O. The van der Waals surface area contributed by atoms with E-state index in [1.807, 2.05) is 20.8 Å². The number of aryl methyl sites for hydroxylation is 1. The first kappa shape index (κ1) is 24.6. The number of anilines is 1. The molecular weight excluding hydrogens is 448 g/mol. The highest BCUT2D eigenvalue weighted by atomic mass is 19.4. The van der Waals surface area contributed by atoms with Gasteiger partial charge in [-0.1, -0.05) is 32.9 Å². The largest absolute Gasteiger partial charge is 0.431 e. The number of hydrogen-bond donors (Lipinski definition) is 1. The van der Waals surface area contributed by atoms with E-state index in [9.17, 15) is 31.1 Å². The van der Waals surface area contributed by atoms with Crippen molar-refractivity contribution in [3.63, 3.8) is 0 Å². The number of amides is 1. The average Bonchev–Trinajstić information content (AvgIpc) is 2.98. The lowest BCUT2D eigenvalue weighted by Gasteiger charge is -2.18. The van der Waals surface area contributed by atoms with Crippen molar-refractivity contribution in [2.45, 2.75) is 53.0 Å². The fourth-order valence-corrected chi connectivity index (χ4v) is 3.44. The molecule has 0 spiro atoms. The monoisotopic (exact) mass is 471 g/mol. The molecule has 4 nitrogen and oxygen atoms in total. The van der Waals surface area contributed by atoms with Gasteiger partial charge in [0.1, 0.15) is 11.5 Å². The van der Waals surface area contributed by atoms with Gasteiger partial charge in [-0.3, -0.25) is 4.79 Å². The van der Waals surface area contributed by atoms with E-state index in [-0.39, 0.29) is 46.7 Å². The Bertz CT molecular complexity index is 1170. The molecule has 3 rings (SSSR count). The Morgan fingerprint density at radius 1 is 0.970 bits per heavy atom. The minimum absolute atomic E-state index is 0.0193. The van der Waals surface area contributed by atoms with Crippen molar-refractivity contribution in [1.82, 2.24) is 9.55 Å². The molecule has 0 bridgehead atoms. The molecule has 1 N–H and O–H groups in total. The molecule has 0 aliphatic heterocycles. The van der Waals surface area contributed by atoms with Crippen LogP contribution in [0, 0.1) is 12.3 Å². The van der Waals surface area contributed by atoms with Crippen LogP contribution in [-0.4, -0.2) is 15.5 Å². The number of alkyl halides is 6. The molecule has 10 heteroatoms. The third-order valence-electron chi connectivity index (χ3n) is 4.94. The second-order valence-corrected chi connectivity index (χ2v) is 9.15. The molecule has 178 valence electrons. The number of benzene rings is 1. The first-order valence-electron chi connectivity index (χ1n) is 10.1. The van der Waals surface area contributed by atoms with E-state index in [0.29, 0.717) is 5.56 Å². The molecule has 0 unspecified atom stereocenters. The van der Waals surface area contributed by atoms with E-state index in [1.165, 1.54) is 6.07 Å². The highest BCUT2D eigenvalue weighted by Crippen LogP contribution is 2.36. The molecule has 0 radical (unpaired) electrons. The maximum absolute atomic E-state index is 13.7. The van der Waals surface area contributed by atoms with E-state index in [1.54, 1.807) is 6.92 Å². The minimum Gasteiger partial charge on any atom is -0.331 e. The van der Waals surface area contributed by atoms with Gasteiger partial charge in [0.05, 0.1) is 16.6 Å². The summed E-state index contributed by atoms with van der Waals surface area (Å²) in [7, 11) is 0. The highest BCUT2D eigenvalue weighted by Gasteiger charge is 2.36. The lowest BCUT2D eigenvalue weighted by Crippen LogP contribution is -2.20. The molecule has 0 fully saturated rings. The molecule has 2 heterocycles. The summed E-state index contributed by atoms with van der Waals surface area (Å²) >= 11 is 0. The Hall–Kier alpha value is -3.04. The number of nitrogens with one attached hydrogen (secondary N) is 1. The van der Waals surface area contributed by atoms with Gasteiger partial charge in [0.15, 0.2) is 0 Å². The second kappa shape index (κ2) is 8.39. The predicted molar refractivity (Wildman–Crippen MR) is 113 cm³/mol. The quantitative estimate of drug-likeness (QED) is 0.425. The number of halogens is 6. The van der Waals surface area contributed by atoms with Crippen LogP contribution in [0.25, 0.3) is 11.0 Å². The van der Waals surface area contributed by atoms with Gasteiger partial charge in [-0.25, -0.2) is 4.98 Å². The van der Waals surface area contributed by atoms with Crippen molar-refractivity contribution < 1.29 is 31.1 Å². The number of carbonyl (C=O) groups excluding carboxylic acids is 1. The summed E-state index contributed by atoms with van der Waals surface area (Å²) in [5, 5.41) is 2.65. The maximum Gasteiger partial charge on any atom is 0.431 e. The Kier molecular flexibility index (Phi) is 6.25. The van der Waals surface area contributed by atoms with E-state index in [2.05, 4.69) is 10.3 Å². The minimum atomic E-state index is -4.71. The number of aromatic nitrogens is 2. The maximum atomic E-state index is 13.7. The number of hydrogen-bond acceptors (Lipinski definition) is 2. The van der Waals surface area contributed by atoms with Gasteiger partial charge in [-0.15, -0.1) is 0 Å². The molecule has 0 aliphatic rings. The Labute approximate surface area is 186 Å². The van der Waals surface area contributed by atoms with E-state index in [0.717, 1.165) is 34.9 Å². The lowest BCUT2D eigenvalue weighted by molar-refractivity contribution is -0.143. The van der Waals surface area contributed by atoms with Crippen LogP contribution < -0.4 is 5.32 Å². The molecule has 3 aromatic rings. The van der Waals surface area contributed by atoms with Crippen LogP contribution in [0.15, 0.2) is 36.4 Å². The fourth-order valence-electron chi connectivity index (χ4n) is 3.44. The zero-order valence-corrected chi connectivity index (χ0v) is 18.4. The van der Waals surface area contributed by atoms with Crippen LogP contribution in [0.4, 0.5) is 32.2 Å². The highest BCUT2D eigenvalue weighted by molar-refractivity contribution is 5.92. The first-order chi connectivity index (χ1) is 15.0. The topological polar surface area (TPSA) is 46.9 Å². The molecule has 2 aromatic heterocycles. The summed E-state index contributed by atoms with van der Waals surface area (Å²) in [6.45, 7) is 6.96. The van der Waals surface area contributed by atoms with Gasteiger partial charge in [0, 0.05) is 13.0 Å². The van der Waals surface area contributed by atoms with Crippen LogP contribution in [0.2, 0.25) is 0 Å². The van der Waals surface area contributed by atoms with Gasteiger partial charge in [0.2, 0.25) is 5.91 Å². The van der Waals surface area contributed by atoms with E-state index in [4.69, 9.17) is 0 Å². The van der Waals surface area contributed by atoms with Gasteiger partial charge < -0.3 is 9.88 Å². The molecule has 1 amide bonds. The molecule has 0 atom stereocenters. The van der Waals surface area contributed by atoms with Gasteiger partial charge in [-0.05, 0) is 47.7 Å². The van der Waals surface area contributed by atoms with Crippen LogP contribution in [0.5, 0.6) is 0 Å². The van der Waals surface area contributed by atoms with Crippen LogP contribution in [0.1, 0.15) is 49.6 Å². The average molecular weight is 471 g/mol. The number of fused-ring (bicyclic) bond motifs is 1. The summed E-state index contributed by atoms with van der Waals surface area (Å²) in [5.74, 6) is -0.144. The summed E-state index contributed by atoms with van der Waals surface area (Å²) in [5.41, 5.74) is -1.23. The molecule has 1 aromatic carbocycles. The first-order valence-corrected chi connectivity index (χ1v) is 10.1. The van der Waals surface area contributed by atoms with Crippen molar-refractivity contribution in [3.05, 3.63) is 58.8 Å². The summed E-state index contributed by atoms with van der Waals surface area (Å²) in [6, 6.07) is 6.32. The Balaban J connectivity index is 2.02. The zero-order valence-electron chi connectivity index (χ0n) is 18.4. The van der Waals surface area contributed by atoms with Crippen molar-refractivity contribution in [2.75, 3.05) is 5.32 Å². The van der Waals surface area contributed by atoms with Crippen molar-refractivity contribution in [3.8, 4) is 0 Å². The SMILES string of the molecule is Cc1cc2c(cc(C(F)(F)F)n2Cc2ccc(C(F)(F)F)cc2)nc1NC(=O)CC(C)(C)C. The smallest absolute Gasteiger partial charge is 0.331 e. The zero-order chi connectivity index (χ0) is 24.8. The van der Waals surface area contributed by atoms with Crippen molar-refractivity contribution in [1.29, 1.82) is 0 Å². The number of pyridine rings is 1. The number of carbonyl (C=O) groups is 1. The van der Waals surface area contributed by atoms with Crippen molar-refractivity contribution >= 4 is 22.8 Å². The number of nitrogens with zero attached hydrogens (tertiary/aromatic N) is 2. The van der Waals surface area contributed by atoms with Crippen LogP contribution in [0.3, 0.4) is 0 Å². The molecule has 33 heavy (non-hydrogen) atoms. The van der Waals surface area contributed by atoms with Gasteiger partial charge in [0.25, 0.3) is 0 Å². The van der Waals surface area contributed by atoms with Gasteiger partial charge in [-0.2, -0.15) is 26.3 Å².